The van der Waals surface area contributed by atoms with Crippen molar-refractivity contribution in [3.8, 4) is 0 Å². The average Bonchev–Trinajstić information content (AvgIpc) is 2.05. The van der Waals surface area contributed by atoms with E-state index in [0.717, 1.165) is 0 Å². The molecule has 0 amide bonds. The zero-order valence-electron chi connectivity index (χ0n) is 10.1. The van der Waals surface area contributed by atoms with E-state index in [1.54, 1.807) is 13.8 Å². The molecule has 0 aliphatic carbocycles. The van der Waals surface area contributed by atoms with Gasteiger partial charge in [-0.3, -0.25) is 4.79 Å². The van der Waals surface area contributed by atoms with Crippen LogP contribution in [0.2, 0.25) is 0 Å². The molecule has 0 N–H and O–H groups in total. The molecule has 0 spiro atoms. The number of carbonyl (C=O) groups is 2. The van der Waals surface area contributed by atoms with Gasteiger partial charge in [0.05, 0.1) is 0 Å². The molecular formula is C10H19O5Ti. The molecule has 0 aliphatic heterocycles. The van der Waals surface area contributed by atoms with E-state index in [2.05, 4.69) is 0 Å². The van der Waals surface area contributed by atoms with E-state index in [-0.39, 0.29) is 40.7 Å². The topological polar surface area (TPSA) is 103 Å². The number of Topliss-reactive ketones (excluding diaryl/α,β-unsaturated/α-hetero) is 1. The summed E-state index contributed by atoms with van der Waals surface area (Å²) < 4.78 is 0. The van der Waals surface area contributed by atoms with E-state index in [0.29, 0.717) is 12.8 Å². The van der Waals surface area contributed by atoms with E-state index in [4.69, 9.17) is 10.2 Å². The first-order valence-electron chi connectivity index (χ1n) is 4.87. The van der Waals surface area contributed by atoms with Gasteiger partial charge in [0.25, 0.3) is 0 Å². The van der Waals surface area contributed by atoms with Crippen molar-refractivity contribution in [2.24, 2.45) is 0 Å². The Morgan fingerprint density at radius 1 is 1.00 bits per heavy atom. The third-order valence-corrected chi connectivity index (χ3v) is 0.870. The van der Waals surface area contributed by atoms with Crippen molar-refractivity contribution < 1.29 is 46.6 Å². The quantitative estimate of drug-likeness (QED) is 0.442. The Balaban J connectivity index is -0.0000000870. The maximum absolute atomic E-state index is 10.4. The minimum Gasteiger partial charge on any atom is -0.855 e. The summed E-state index contributed by atoms with van der Waals surface area (Å²) in [5.41, 5.74) is 0. The van der Waals surface area contributed by atoms with Crippen molar-refractivity contribution in [2.45, 2.75) is 40.0 Å². The van der Waals surface area contributed by atoms with Crippen LogP contribution in [0.4, 0.5) is 0 Å². The van der Waals surface area contributed by atoms with Crippen LogP contribution < -0.4 is 15.3 Å². The van der Waals surface area contributed by atoms with Crippen LogP contribution in [0.25, 0.3) is 0 Å². The molecule has 0 aromatic heterocycles. The molecule has 0 aromatic carbocycles. The van der Waals surface area contributed by atoms with Crippen molar-refractivity contribution in [1.29, 1.82) is 0 Å². The number of carboxylic acid groups (broad SMARTS) is 1. The van der Waals surface area contributed by atoms with E-state index < -0.39 is 12.4 Å². The largest absolute Gasteiger partial charge is 3.00 e. The molecule has 0 aliphatic rings. The fourth-order valence-corrected chi connectivity index (χ4v) is 0.528. The summed E-state index contributed by atoms with van der Waals surface area (Å²) in [5, 5.41) is 27.6. The first-order chi connectivity index (χ1) is 6.99. The van der Waals surface area contributed by atoms with E-state index in [1.165, 1.54) is 0 Å². The molecule has 0 unspecified atom stereocenters. The maximum atomic E-state index is 10.4. The summed E-state index contributed by atoms with van der Waals surface area (Å²) >= 11 is 0. The van der Waals surface area contributed by atoms with Crippen LogP contribution >= 0.6 is 0 Å². The molecule has 5 nitrogen and oxygen atoms in total. The molecule has 93 valence electrons. The number of rotatable bonds is 4. The molecule has 0 fully saturated rings. The standard InChI is InChI=1S/C6H10O3.2C2H5O.Ti/c1-2-3-5(7)4-6(8)9;2*1-2-3;/h2-4H2,1H3,(H,8,9);2*2H2,1H3;/q;2*-1;+3/p-1. The maximum Gasteiger partial charge on any atom is 3.00 e. The van der Waals surface area contributed by atoms with Crippen molar-refractivity contribution in [3.05, 3.63) is 0 Å². The molecule has 0 saturated carbocycles. The second kappa shape index (κ2) is 24.1. The summed E-state index contributed by atoms with van der Waals surface area (Å²) in [6, 6.07) is 0. The molecule has 16 heavy (non-hydrogen) atoms. The van der Waals surface area contributed by atoms with Gasteiger partial charge in [-0.1, -0.05) is 20.8 Å². The van der Waals surface area contributed by atoms with Gasteiger partial charge < -0.3 is 20.1 Å². The zero-order chi connectivity index (χ0) is 12.7. The van der Waals surface area contributed by atoms with Gasteiger partial charge in [0.15, 0.2) is 0 Å². The summed E-state index contributed by atoms with van der Waals surface area (Å²) in [7, 11) is 0. The smallest absolute Gasteiger partial charge is 0.855 e. The number of hydrogen-bond acceptors (Lipinski definition) is 5. The predicted octanol–water partition coefficient (Wildman–Crippen LogP) is -1.77. The summed E-state index contributed by atoms with van der Waals surface area (Å²) in [5.74, 6) is -1.54. The van der Waals surface area contributed by atoms with Crippen molar-refractivity contribution in [3.63, 3.8) is 0 Å². The average molecular weight is 267 g/mol. The van der Waals surface area contributed by atoms with Crippen molar-refractivity contribution in [1.82, 2.24) is 0 Å². The monoisotopic (exact) mass is 267 g/mol. The SMILES string of the molecule is CCCC(=O)CC(=O)[O-].CC[O-].CC[O-].[Ti+3]. The summed E-state index contributed by atoms with van der Waals surface area (Å²) in [6.45, 7) is 4.97. The zero-order valence-corrected chi connectivity index (χ0v) is 11.6. The fourth-order valence-electron chi connectivity index (χ4n) is 0.528. The number of ketones is 1. The number of carboxylic acids is 1. The summed E-state index contributed by atoms with van der Waals surface area (Å²) in [6.07, 6.45) is 0.605. The second-order valence-corrected chi connectivity index (χ2v) is 2.41. The van der Waals surface area contributed by atoms with Crippen LogP contribution in [0.1, 0.15) is 40.0 Å². The molecular weight excluding hydrogens is 248 g/mol. The van der Waals surface area contributed by atoms with Crippen LogP contribution in [0, 0.1) is 0 Å². The molecule has 0 heterocycles. The van der Waals surface area contributed by atoms with Gasteiger partial charge in [-0.05, 0) is 6.42 Å². The van der Waals surface area contributed by atoms with Crippen LogP contribution in [-0.2, 0) is 31.3 Å². The normalized spacial score (nSPS) is 7.31. The number of carbonyl (C=O) groups excluding carboxylic acids is 2. The van der Waals surface area contributed by atoms with Gasteiger partial charge >= 0.3 is 21.7 Å². The molecule has 0 aromatic rings. The molecule has 0 rings (SSSR count). The Morgan fingerprint density at radius 3 is 1.50 bits per heavy atom. The molecule has 0 atom stereocenters. The van der Waals surface area contributed by atoms with Gasteiger partial charge in [0.2, 0.25) is 0 Å². The number of hydrogen-bond donors (Lipinski definition) is 0. The van der Waals surface area contributed by atoms with Gasteiger partial charge in [-0.15, -0.1) is 13.2 Å². The molecule has 0 bridgehead atoms. The van der Waals surface area contributed by atoms with Crippen molar-refractivity contribution >= 4 is 11.8 Å². The third kappa shape index (κ3) is 49.0. The predicted molar refractivity (Wildman–Crippen MR) is 50.6 cm³/mol. The van der Waals surface area contributed by atoms with Crippen LogP contribution in [0.5, 0.6) is 0 Å². The van der Waals surface area contributed by atoms with Crippen LogP contribution in [0.15, 0.2) is 0 Å². The van der Waals surface area contributed by atoms with Crippen LogP contribution in [-0.4, -0.2) is 25.0 Å². The Kier molecular flexibility index (Phi) is 37.5. The van der Waals surface area contributed by atoms with Crippen molar-refractivity contribution in [2.75, 3.05) is 13.2 Å². The minimum absolute atomic E-state index is 0. The van der Waals surface area contributed by atoms with Gasteiger partial charge in [0.1, 0.15) is 5.78 Å². The van der Waals surface area contributed by atoms with E-state index in [9.17, 15) is 14.7 Å². The molecule has 6 heteroatoms. The van der Waals surface area contributed by atoms with Crippen LogP contribution in [0.3, 0.4) is 0 Å². The number of aliphatic carboxylic acids is 1. The third-order valence-electron chi connectivity index (χ3n) is 0.870. The second-order valence-electron chi connectivity index (χ2n) is 2.41. The van der Waals surface area contributed by atoms with Gasteiger partial charge in [-0.2, -0.15) is 0 Å². The Morgan fingerprint density at radius 2 is 1.31 bits per heavy atom. The first kappa shape index (κ1) is 24.8. The molecule has 1 radical (unpaired) electrons. The first-order valence-corrected chi connectivity index (χ1v) is 4.87. The Hall–Kier alpha value is -0.226. The van der Waals surface area contributed by atoms with Gasteiger partial charge in [-0.25, -0.2) is 0 Å². The minimum atomic E-state index is -1.28. The Bertz CT molecular complexity index is 148. The summed E-state index contributed by atoms with van der Waals surface area (Å²) in [4.78, 5) is 20.2. The van der Waals surface area contributed by atoms with E-state index in [1.807, 2.05) is 6.92 Å². The van der Waals surface area contributed by atoms with E-state index >= 15 is 0 Å². The Labute approximate surface area is 112 Å². The fraction of sp³-hybridized carbons (Fsp3) is 0.800. The molecule has 0 saturated heterocycles. The van der Waals surface area contributed by atoms with Gasteiger partial charge in [0, 0.05) is 18.8 Å².